The van der Waals surface area contributed by atoms with Crippen LogP contribution < -0.4 is 0 Å². The van der Waals surface area contributed by atoms with Gasteiger partial charge in [0.1, 0.15) is 5.82 Å². The van der Waals surface area contributed by atoms with Gasteiger partial charge in [-0.15, -0.1) is 0 Å². The fourth-order valence-corrected chi connectivity index (χ4v) is 1.00. The SMILES string of the molecule is CCOC(=O)c1cc(N=C=O)ccc1F. The zero-order chi connectivity index (χ0) is 11.3. The van der Waals surface area contributed by atoms with Crippen LogP contribution in [0.25, 0.3) is 0 Å². The molecule has 0 unspecified atom stereocenters. The minimum absolute atomic E-state index is 0.152. The Morgan fingerprint density at radius 3 is 2.93 bits per heavy atom. The lowest BCUT2D eigenvalue weighted by molar-refractivity contribution is 0.0521. The van der Waals surface area contributed by atoms with Gasteiger partial charge in [-0.05, 0) is 25.1 Å². The van der Waals surface area contributed by atoms with Crippen molar-refractivity contribution in [3.63, 3.8) is 0 Å². The first-order valence-electron chi connectivity index (χ1n) is 4.23. The number of isocyanates is 1. The van der Waals surface area contributed by atoms with Gasteiger partial charge < -0.3 is 4.74 Å². The summed E-state index contributed by atoms with van der Waals surface area (Å²) < 4.78 is 17.8. The second-order valence-electron chi connectivity index (χ2n) is 2.59. The van der Waals surface area contributed by atoms with Crippen LogP contribution in [0, 0.1) is 5.82 Å². The van der Waals surface area contributed by atoms with E-state index in [1.807, 2.05) is 0 Å². The summed E-state index contributed by atoms with van der Waals surface area (Å²) in [6.07, 6.45) is 1.30. The van der Waals surface area contributed by atoms with Gasteiger partial charge in [0.25, 0.3) is 0 Å². The normalized spacial score (nSPS) is 9.20. The molecule has 0 heterocycles. The van der Waals surface area contributed by atoms with Crippen molar-refractivity contribution < 1.29 is 18.7 Å². The molecule has 0 N–H and O–H groups in total. The van der Waals surface area contributed by atoms with Gasteiger partial charge in [-0.25, -0.2) is 14.0 Å². The summed E-state index contributed by atoms with van der Waals surface area (Å²) in [5, 5.41) is 0. The molecular formula is C10H8FNO3. The summed E-state index contributed by atoms with van der Waals surface area (Å²) in [4.78, 5) is 24.5. The molecule has 0 amide bonds. The van der Waals surface area contributed by atoms with Crippen LogP contribution in [0.1, 0.15) is 17.3 Å². The first kappa shape index (κ1) is 11.1. The number of carbonyl (C=O) groups is 1. The predicted molar refractivity (Wildman–Crippen MR) is 50.1 cm³/mol. The number of benzene rings is 1. The Balaban J connectivity index is 3.10. The van der Waals surface area contributed by atoms with Crippen LogP contribution in [0.2, 0.25) is 0 Å². The molecule has 0 aliphatic carbocycles. The highest BCUT2D eigenvalue weighted by Crippen LogP contribution is 2.17. The van der Waals surface area contributed by atoms with Gasteiger partial charge >= 0.3 is 5.97 Å². The van der Waals surface area contributed by atoms with Crippen LogP contribution in [0.15, 0.2) is 23.2 Å². The Labute approximate surface area is 85.4 Å². The largest absolute Gasteiger partial charge is 0.462 e. The smallest absolute Gasteiger partial charge is 0.341 e. The van der Waals surface area contributed by atoms with E-state index in [-0.39, 0.29) is 17.9 Å². The maximum absolute atomic E-state index is 13.1. The van der Waals surface area contributed by atoms with Crippen molar-refractivity contribution in [2.75, 3.05) is 6.61 Å². The third kappa shape index (κ3) is 2.72. The molecule has 0 radical (unpaired) electrons. The summed E-state index contributed by atoms with van der Waals surface area (Å²) in [6.45, 7) is 1.77. The van der Waals surface area contributed by atoms with Gasteiger partial charge in [-0.1, -0.05) is 0 Å². The molecule has 0 spiro atoms. The number of halogens is 1. The fourth-order valence-electron chi connectivity index (χ4n) is 1.00. The lowest BCUT2D eigenvalue weighted by Gasteiger charge is -2.02. The number of aliphatic imine (C=N–C) groups is 1. The number of rotatable bonds is 3. The fraction of sp³-hybridized carbons (Fsp3) is 0.200. The average molecular weight is 209 g/mol. The van der Waals surface area contributed by atoms with Gasteiger partial charge in [-0.2, -0.15) is 4.99 Å². The summed E-state index contributed by atoms with van der Waals surface area (Å²) in [6, 6.07) is 3.45. The standard InChI is InChI=1S/C10H8FNO3/c1-2-15-10(14)8-5-7(12-6-13)3-4-9(8)11/h3-5H,2H2,1H3. The van der Waals surface area contributed by atoms with Crippen molar-refractivity contribution in [3.05, 3.63) is 29.6 Å². The number of ether oxygens (including phenoxy) is 1. The molecule has 0 aromatic heterocycles. The van der Waals surface area contributed by atoms with Crippen LogP contribution in [-0.2, 0) is 9.53 Å². The molecule has 78 valence electrons. The minimum atomic E-state index is -0.780. The number of hydrogen-bond acceptors (Lipinski definition) is 4. The van der Waals surface area contributed by atoms with Crippen LogP contribution >= 0.6 is 0 Å². The summed E-state index contributed by atoms with van der Waals surface area (Å²) in [5.41, 5.74) is -0.0807. The highest BCUT2D eigenvalue weighted by molar-refractivity contribution is 5.90. The maximum atomic E-state index is 13.1. The van der Waals surface area contributed by atoms with Crippen molar-refractivity contribution in [2.24, 2.45) is 4.99 Å². The maximum Gasteiger partial charge on any atom is 0.341 e. The number of carbonyl (C=O) groups excluding carboxylic acids is 2. The van der Waals surface area contributed by atoms with Crippen LogP contribution in [-0.4, -0.2) is 18.7 Å². The Bertz CT molecular complexity index is 425. The second-order valence-corrected chi connectivity index (χ2v) is 2.59. The molecule has 1 aromatic rings. The van der Waals surface area contributed by atoms with Gasteiger partial charge in [0.15, 0.2) is 0 Å². The first-order chi connectivity index (χ1) is 7.19. The molecule has 0 saturated heterocycles. The molecule has 0 fully saturated rings. The molecule has 0 atom stereocenters. The molecule has 0 aliphatic heterocycles. The number of esters is 1. The second kappa shape index (κ2) is 5.02. The van der Waals surface area contributed by atoms with E-state index >= 15 is 0 Å². The molecule has 0 saturated carbocycles. The zero-order valence-electron chi connectivity index (χ0n) is 7.99. The zero-order valence-corrected chi connectivity index (χ0v) is 7.99. The van der Waals surface area contributed by atoms with Gasteiger partial charge in [0, 0.05) is 0 Å². The van der Waals surface area contributed by atoms with Crippen molar-refractivity contribution in [2.45, 2.75) is 6.92 Å². The summed E-state index contributed by atoms with van der Waals surface area (Å²) in [5.74, 6) is -1.49. The third-order valence-electron chi connectivity index (χ3n) is 1.62. The Kier molecular flexibility index (Phi) is 3.71. The van der Waals surface area contributed by atoms with Crippen molar-refractivity contribution >= 4 is 17.7 Å². The first-order valence-corrected chi connectivity index (χ1v) is 4.23. The van der Waals surface area contributed by atoms with E-state index in [1.54, 1.807) is 6.92 Å². The van der Waals surface area contributed by atoms with E-state index in [1.165, 1.54) is 12.1 Å². The highest BCUT2D eigenvalue weighted by Gasteiger charge is 2.13. The summed E-state index contributed by atoms with van der Waals surface area (Å²) in [7, 11) is 0. The Hall–Kier alpha value is -2.00. The van der Waals surface area contributed by atoms with E-state index in [0.29, 0.717) is 0 Å². The van der Waals surface area contributed by atoms with E-state index in [4.69, 9.17) is 0 Å². The molecule has 1 aromatic carbocycles. The Morgan fingerprint density at radius 1 is 1.60 bits per heavy atom. The van der Waals surface area contributed by atoms with Gasteiger partial charge in [0.05, 0.1) is 17.9 Å². The molecule has 0 aliphatic rings. The third-order valence-corrected chi connectivity index (χ3v) is 1.62. The van der Waals surface area contributed by atoms with E-state index in [9.17, 15) is 14.0 Å². The lowest BCUT2D eigenvalue weighted by atomic mass is 10.2. The quantitative estimate of drug-likeness (QED) is 0.434. The lowest BCUT2D eigenvalue weighted by Crippen LogP contribution is -2.06. The van der Waals surface area contributed by atoms with Crippen molar-refractivity contribution in [1.29, 1.82) is 0 Å². The van der Waals surface area contributed by atoms with Crippen LogP contribution in [0.4, 0.5) is 10.1 Å². The topological polar surface area (TPSA) is 55.7 Å². The molecule has 1 rings (SSSR count). The number of hydrogen-bond donors (Lipinski definition) is 0. The van der Waals surface area contributed by atoms with Gasteiger partial charge in [0.2, 0.25) is 6.08 Å². The van der Waals surface area contributed by atoms with Crippen molar-refractivity contribution in [1.82, 2.24) is 0 Å². The van der Waals surface area contributed by atoms with Crippen LogP contribution in [0.3, 0.4) is 0 Å². The Morgan fingerprint density at radius 2 is 2.33 bits per heavy atom. The van der Waals surface area contributed by atoms with E-state index < -0.39 is 11.8 Å². The summed E-state index contributed by atoms with van der Waals surface area (Å²) >= 11 is 0. The van der Waals surface area contributed by atoms with Gasteiger partial charge in [-0.3, -0.25) is 0 Å². The van der Waals surface area contributed by atoms with Crippen molar-refractivity contribution in [3.8, 4) is 0 Å². The predicted octanol–water partition coefficient (Wildman–Crippen LogP) is 1.97. The molecule has 15 heavy (non-hydrogen) atoms. The molecule has 4 nitrogen and oxygen atoms in total. The molecule has 5 heteroatoms. The monoisotopic (exact) mass is 209 g/mol. The van der Waals surface area contributed by atoms with E-state index in [0.717, 1.165) is 12.1 Å². The highest BCUT2D eigenvalue weighted by atomic mass is 19.1. The average Bonchev–Trinajstić information content (AvgIpc) is 2.21. The van der Waals surface area contributed by atoms with E-state index in [2.05, 4.69) is 9.73 Å². The minimum Gasteiger partial charge on any atom is -0.462 e. The molecular weight excluding hydrogens is 201 g/mol. The number of nitrogens with zero attached hydrogens (tertiary/aromatic N) is 1. The molecule has 0 bridgehead atoms. The van der Waals surface area contributed by atoms with Crippen LogP contribution in [0.5, 0.6) is 0 Å².